The third-order valence-electron chi connectivity index (χ3n) is 4.60. The summed E-state index contributed by atoms with van der Waals surface area (Å²) in [6, 6.07) is 3.65. The molecule has 3 atom stereocenters. The fourth-order valence-corrected chi connectivity index (χ4v) is 3.27. The quantitative estimate of drug-likeness (QED) is 0.628. The van der Waals surface area contributed by atoms with Gasteiger partial charge in [-0.2, -0.15) is 13.2 Å². The van der Waals surface area contributed by atoms with Gasteiger partial charge in [-0.3, -0.25) is 4.79 Å². The molecule has 1 aromatic heterocycles. The van der Waals surface area contributed by atoms with Crippen LogP contribution in [-0.4, -0.2) is 40.9 Å². The van der Waals surface area contributed by atoms with E-state index in [1.807, 2.05) is 0 Å². The molecule has 10 heteroatoms. The van der Waals surface area contributed by atoms with E-state index in [4.69, 9.17) is 15.2 Å². The van der Waals surface area contributed by atoms with Crippen molar-refractivity contribution in [2.45, 2.75) is 44.8 Å². The van der Waals surface area contributed by atoms with E-state index in [1.165, 1.54) is 6.20 Å². The molecule has 0 spiro atoms. The number of aromatic nitrogens is 1. The number of hydrogen-bond acceptors (Lipinski definition) is 6. The number of aliphatic hydroxyl groups excluding tert-OH is 1. The Morgan fingerprint density at radius 2 is 2.10 bits per heavy atom. The smallest absolute Gasteiger partial charge is 0.394 e. The van der Waals surface area contributed by atoms with Crippen molar-refractivity contribution in [3.05, 3.63) is 30.0 Å². The molecule has 2 aromatic rings. The van der Waals surface area contributed by atoms with Gasteiger partial charge in [-0.05, 0) is 37.4 Å². The summed E-state index contributed by atoms with van der Waals surface area (Å²) in [5.74, 6) is -2.07. The molecule has 0 aliphatic carbocycles. The first-order valence-corrected chi connectivity index (χ1v) is 9.08. The maximum absolute atomic E-state index is 13.1. The van der Waals surface area contributed by atoms with Gasteiger partial charge in [-0.15, -0.1) is 0 Å². The zero-order valence-corrected chi connectivity index (χ0v) is 15.9. The van der Waals surface area contributed by atoms with Crippen LogP contribution < -0.4 is 20.5 Å². The number of halogens is 3. The van der Waals surface area contributed by atoms with Crippen LogP contribution >= 0.6 is 0 Å². The third-order valence-corrected chi connectivity index (χ3v) is 4.60. The van der Waals surface area contributed by atoms with Crippen molar-refractivity contribution in [2.24, 2.45) is 11.7 Å². The minimum Gasteiger partial charge on any atom is -0.491 e. The summed E-state index contributed by atoms with van der Waals surface area (Å²) in [4.78, 5) is 15.6. The van der Waals surface area contributed by atoms with Crippen LogP contribution in [0.15, 0.2) is 24.4 Å². The number of carbonyl (C=O) groups is 1. The average molecular weight is 413 g/mol. The van der Waals surface area contributed by atoms with Gasteiger partial charge in [0.1, 0.15) is 18.6 Å². The number of pyridine rings is 1. The molecule has 29 heavy (non-hydrogen) atoms. The number of nitrogens with one attached hydrogen (secondary N) is 1. The second-order valence-corrected chi connectivity index (χ2v) is 7.18. The highest BCUT2D eigenvalue weighted by molar-refractivity contribution is 5.89. The molecule has 7 nitrogen and oxygen atoms in total. The second-order valence-electron chi connectivity index (χ2n) is 7.18. The molecule has 2 heterocycles. The molecule has 158 valence electrons. The highest BCUT2D eigenvalue weighted by Gasteiger charge is 2.50. The summed E-state index contributed by atoms with van der Waals surface area (Å²) < 4.78 is 50.7. The highest BCUT2D eigenvalue weighted by atomic mass is 19.4. The summed E-state index contributed by atoms with van der Waals surface area (Å²) in [5, 5.41) is 13.2. The monoisotopic (exact) mass is 413 g/mol. The van der Waals surface area contributed by atoms with Crippen molar-refractivity contribution in [1.29, 1.82) is 0 Å². The summed E-state index contributed by atoms with van der Waals surface area (Å²) in [6.07, 6.45) is -5.17. The molecule has 0 bridgehead atoms. The Morgan fingerprint density at radius 1 is 1.38 bits per heavy atom. The second kappa shape index (κ2) is 8.03. The van der Waals surface area contributed by atoms with E-state index in [0.717, 1.165) is 0 Å². The molecule has 1 saturated heterocycles. The summed E-state index contributed by atoms with van der Waals surface area (Å²) in [5.41, 5.74) is 5.98. The van der Waals surface area contributed by atoms with Crippen molar-refractivity contribution in [2.75, 3.05) is 6.61 Å². The largest absolute Gasteiger partial charge is 0.491 e. The molecule has 3 rings (SSSR count). The van der Waals surface area contributed by atoms with E-state index in [1.54, 1.807) is 32.0 Å². The molecule has 1 aliphatic heterocycles. The maximum Gasteiger partial charge on any atom is 0.394 e. The number of ether oxygens (including phenoxy) is 2. The van der Waals surface area contributed by atoms with Crippen LogP contribution in [0.25, 0.3) is 10.8 Å². The Balaban J connectivity index is 1.90. The Kier molecular flexibility index (Phi) is 5.85. The molecule has 0 saturated carbocycles. The average Bonchev–Trinajstić information content (AvgIpc) is 3.00. The number of nitrogens with zero attached hydrogens (tertiary/aromatic N) is 1. The predicted octanol–water partition coefficient (Wildman–Crippen LogP) is 2.42. The van der Waals surface area contributed by atoms with Crippen LogP contribution in [0, 0.1) is 5.92 Å². The van der Waals surface area contributed by atoms with Gasteiger partial charge >= 0.3 is 6.18 Å². The van der Waals surface area contributed by atoms with E-state index in [2.05, 4.69) is 10.3 Å². The number of nitrogens with two attached hydrogens (primary N) is 1. The van der Waals surface area contributed by atoms with Crippen LogP contribution in [0.4, 0.5) is 13.2 Å². The van der Waals surface area contributed by atoms with Gasteiger partial charge in [0.15, 0.2) is 0 Å². The van der Waals surface area contributed by atoms with Crippen LogP contribution in [-0.2, 0) is 4.79 Å². The Hall–Kier alpha value is -2.59. The Morgan fingerprint density at radius 3 is 2.72 bits per heavy atom. The first kappa shape index (κ1) is 21.1. The van der Waals surface area contributed by atoms with E-state index >= 15 is 0 Å². The number of alkyl halides is 3. The zero-order valence-electron chi connectivity index (χ0n) is 15.9. The van der Waals surface area contributed by atoms with Gasteiger partial charge in [0.2, 0.25) is 11.8 Å². The third kappa shape index (κ3) is 4.70. The molecule has 1 aliphatic rings. The predicted molar refractivity (Wildman–Crippen MR) is 98.2 cm³/mol. The summed E-state index contributed by atoms with van der Waals surface area (Å²) in [6.45, 7) is 3.22. The Labute approximate surface area is 165 Å². The molecule has 1 fully saturated rings. The number of aliphatic hydroxyl groups is 1. The molecule has 4 N–H and O–H groups in total. The SMILES string of the molecule is CC(C)Oc1cc2c(OC[C@H]3NC(=O)C[C@@H]3C(F)(F)F)nccc2cc1C(N)O. The van der Waals surface area contributed by atoms with Crippen molar-refractivity contribution >= 4 is 16.7 Å². The molecule has 0 radical (unpaired) electrons. The van der Waals surface area contributed by atoms with E-state index in [9.17, 15) is 23.1 Å². The number of benzene rings is 1. The maximum atomic E-state index is 13.1. The molecular formula is C19H22F3N3O4. The van der Waals surface area contributed by atoms with Crippen molar-refractivity contribution in [1.82, 2.24) is 10.3 Å². The number of fused-ring (bicyclic) bond motifs is 1. The van der Waals surface area contributed by atoms with Gasteiger partial charge in [0.25, 0.3) is 0 Å². The van der Waals surface area contributed by atoms with Crippen molar-refractivity contribution in [3.8, 4) is 11.6 Å². The number of rotatable bonds is 6. The number of amides is 1. The van der Waals surface area contributed by atoms with Gasteiger partial charge in [0, 0.05) is 23.6 Å². The molecule has 1 aromatic carbocycles. The van der Waals surface area contributed by atoms with Crippen molar-refractivity contribution < 1.29 is 32.5 Å². The summed E-state index contributed by atoms with van der Waals surface area (Å²) in [7, 11) is 0. The first-order valence-electron chi connectivity index (χ1n) is 9.08. The van der Waals surface area contributed by atoms with Crippen LogP contribution in [0.5, 0.6) is 11.6 Å². The normalized spacial score (nSPS) is 20.8. The molecular weight excluding hydrogens is 391 g/mol. The van der Waals surface area contributed by atoms with Crippen molar-refractivity contribution in [3.63, 3.8) is 0 Å². The minimum absolute atomic E-state index is 0.0937. The van der Waals surface area contributed by atoms with Crippen LogP contribution in [0.1, 0.15) is 32.1 Å². The Bertz CT molecular complexity index is 902. The first-order chi connectivity index (χ1) is 13.6. The molecule has 1 amide bonds. The van der Waals surface area contributed by atoms with Gasteiger partial charge in [-0.25, -0.2) is 4.98 Å². The van der Waals surface area contributed by atoms with E-state index in [-0.39, 0.29) is 18.6 Å². The van der Waals surface area contributed by atoms with E-state index < -0.39 is 36.7 Å². The fraction of sp³-hybridized carbons (Fsp3) is 0.474. The van der Waals surface area contributed by atoms with Gasteiger partial charge < -0.3 is 25.6 Å². The lowest BCUT2D eigenvalue weighted by molar-refractivity contribution is -0.178. The van der Waals surface area contributed by atoms with Crippen LogP contribution in [0.2, 0.25) is 0 Å². The fourth-order valence-electron chi connectivity index (χ4n) is 3.27. The number of carbonyl (C=O) groups excluding carboxylic acids is 1. The minimum atomic E-state index is -4.51. The van der Waals surface area contributed by atoms with Crippen LogP contribution in [0.3, 0.4) is 0 Å². The highest BCUT2D eigenvalue weighted by Crippen LogP contribution is 2.36. The van der Waals surface area contributed by atoms with Gasteiger partial charge in [0.05, 0.1) is 18.1 Å². The zero-order chi connectivity index (χ0) is 21.3. The summed E-state index contributed by atoms with van der Waals surface area (Å²) >= 11 is 0. The van der Waals surface area contributed by atoms with Gasteiger partial charge in [-0.1, -0.05) is 0 Å². The lowest BCUT2D eigenvalue weighted by Crippen LogP contribution is -2.40. The standard InChI is InChI=1S/C19H22F3N3O4/c1-9(2)29-15-6-11-10(5-12(15)17(23)27)3-4-24-18(11)28-8-14-13(19(20,21)22)7-16(26)25-14/h3-6,9,13-14,17,27H,7-8,23H2,1-2H3,(H,25,26)/t13-,14+,17?/m0/s1. The lowest BCUT2D eigenvalue weighted by atomic mass is 10.0. The number of hydrogen-bond donors (Lipinski definition) is 3. The van der Waals surface area contributed by atoms with E-state index in [0.29, 0.717) is 22.1 Å². The molecule has 1 unspecified atom stereocenters. The topological polar surface area (TPSA) is 107 Å². The lowest BCUT2D eigenvalue weighted by Gasteiger charge is -2.22.